The van der Waals surface area contributed by atoms with Crippen LogP contribution in [0.5, 0.6) is 0 Å². The number of esters is 1. The van der Waals surface area contributed by atoms with Crippen molar-refractivity contribution in [1.29, 1.82) is 0 Å². The van der Waals surface area contributed by atoms with Crippen LogP contribution >= 0.6 is 0 Å². The second-order valence-electron chi connectivity index (χ2n) is 5.26. The minimum atomic E-state index is -2.56. The van der Waals surface area contributed by atoms with Gasteiger partial charge in [0.15, 0.2) is 0 Å². The average Bonchev–Trinajstić information content (AvgIpc) is 2.61. The first kappa shape index (κ1) is 15.9. The van der Waals surface area contributed by atoms with Crippen LogP contribution in [0.4, 0.5) is 5.69 Å². The number of nitrogens with zero attached hydrogens (tertiary/aromatic N) is 1. The zero-order valence-corrected chi connectivity index (χ0v) is 12.9. The summed E-state index contributed by atoms with van der Waals surface area (Å²) >= 11 is 0. The van der Waals surface area contributed by atoms with Crippen molar-refractivity contribution < 1.29 is 24.2 Å². The summed E-state index contributed by atoms with van der Waals surface area (Å²) in [7, 11) is 0. The summed E-state index contributed by atoms with van der Waals surface area (Å²) in [5.41, 5.74) is -2.28. The third-order valence-electron chi connectivity index (χ3n) is 3.85. The third kappa shape index (κ3) is 2.19. The molecule has 0 spiro atoms. The standard InChI is InChI=1S/C18H15NO5/c1-2-24-17(22)18(23)14-11-7-6-10-13(14)15(20)19(16(18)21)12-8-4-3-5-9-12/h3-11,23H,2H2,1H3. The summed E-state index contributed by atoms with van der Waals surface area (Å²) in [6.45, 7) is 1.57. The van der Waals surface area contributed by atoms with Gasteiger partial charge in [0.2, 0.25) is 0 Å². The first-order valence-electron chi connectivity index (χ1n) is 7.44. The molecule has 6 heteroatoms. The second kappa shape index (κ2) is 5.90. The second-order valence-corrected chi connectivity index (χ2v) is 5.26. The molecule has 24 heavy (non-hydrogen) atoms. The number of aliphatic hydroxyl groups is 1. The van der Waals surface area contributed by atoms with E-state index in [0.717, 1.165) is 4.90 Å². The summed E-state index contributed by atoms with van der Waals surface area (Å²) in [6, 6.07) is 14.1. The molecule has 1 aliphatic heterocycles. The Kier molecular flexibility index (Phi) is 3.91. The van der Waals surface area contributed by atoms with Gasteiger partial charge in [-0.1, -0.05) is 36.4 Å². The molecule has 2 aromatic rings. The van der Waals surface area contributed by atoms with Gasteiger partial charge in [0, 0.05) is 11.1 Å². The molecular formula is C18H15NO5. The predicted octanol–water partition coefficient (Wildman–Crippen LogP) is 1.62. The van der Waals surface area contributed by atoms with E-state index in [0.29, 0.717) is 0 Å². The predicted molar refractivity (Wildman–Crippen MR) is 85.2 cm³/mol. The Balaban J connectivity index is 2.23. The molecule has 0 radical (unpaired) electrons. The Labute approximate surface area is 138 Å². The van der Waals surface area contributed by atoms with Crippen LogP contribution in [0.1, 0.15) is 22.8 Å². The number of benzene rings is 2. The molecule has 1 unspecified atom stereocenters. The van der Waals surface area contributed by atoms with E-state index in [1.54, 1.807) is 49.4 Å². The van der Waals surface area contributed by atoms with Gasteiger partial charge in [0.1, 0.15) is 0 Å². The van der Waals surface area contributed by atoms with Crippen LogP contribution in [0.15, 0.2) is 54.6 Å². The van der Waals surface area contributed by atoms with Crippen LogP contribution in [0, 0.1) is 0 Å². The minimum absolute atomic E-state index is 0.00409. The van der Waals surface area contributed by atoms with Gasteiger partial charge < -0.3 is 9.84 Å². The highest BCUT2D eigenvalue weighted by atomic mass is 16.6. The van der Waals surface area contributed by atoms with Crippen LogP contribution in [-0.2, 0) is 19.9 Å². The number of hydrogen-bond acceptors (Lipinski definition) is 5. The molecule has 2 amide bonds. The van der Waals surface area contributed by atoms with Gasteiger partial charge in [-0.3, -0.25) is 9.59 Å². The van der Waals surface area contributed by atoms with E-state index in [2.05, 4.69) is 0 Å². The topological polar surface area (TPSA) is 83.9 Å². The van der Waals surface area contributed by atoms with Crippen LogP contribution < -0.4 is 4.90 Å². The largest absolute Gasteiger partial charge is 0.463 e. The van der Waals surface area contributed by atoms with E-state index >= 15 is 0 Å². The molecule has 1 N–H and O–H groups in total. The average molecular weight is 325 g/mol. The van der Waals surface area contributed by atoms with Crippen molar-refractivity contribution >= 4 is 23.5 Å². The molecule has 6 nitrogen and oxygen atoms in total. The molecule has 122 valence electrons. The lowest BCUT2D eigenvalue weighted by molar-refractivity contribution is -0.171. The number of carbonyl (C=O) groups excluding carboxylic acids is 3. The number of hydrogen-bond donors (Lipinski definition) is 1. The van der Waals surface area contributed by atoms with Gasteiger partial charge in [-0.2, -0.15) is 0 Å². The Morgan fingerprint density at radius 3 is 2.38 bits per heavy atom. The molecule has 1 aliphatic rings. The van der Waals surface area contributed by atoms with Crippen molar-refractivity contribution in [3.8, 4) is 0 Å². The molecular weight excluding hydrogens is 310 g/mol. The van der Waals surface area contributed by atoms with Gasteiger partial charge >= 0.3 is 5.97 Å². The molecule has 2 aromatic carbocycles. The fourth-order valence-electron chi connectivity index (χ4n) is 2.72. The normalized spacial score (nSPS) is 19.8. The molecule has 1 atom stereocenters. The number of imide groups is 1. The van der Waals surface area contributed by atoms with Gasteiger partial charge in [-0.05, 0) is 25.1 Å². The van der Waals surface area contributed by atoms with E-state index in [-0.39, 0.29) is 23.4 Å². The van der Waals surface area contributed by atoms with Crippen molar-refractivity contribution in [2.75, 3.05) is 11.5 Å². The Morgan fingerprint density at radius 1 is 1.08 bits per heavy atom. The van der Waals surface area contributed by atoms with E-state index < -0.39 is 23.4 Å². The van der Waals surface area contributed by atoms with E-state index in [1.165, 1.54) is 12.1 Å². The van der Waals surface area contributed by atoms with Crippen molar-refractivity contribution in [2.24, 2.45) is 0 Å². The highest BCUT2D eigenvalue weighted by molar-refractivity contribution is 6.31. The lowest BCUT2D eigenvalue weighted by atomic mass is 9.84. The van der Waals surface area contributed by atoms with Gasteiger partial charge in [-0.15, -0.1) is 0 Å². The quantitative estimate of drug-likeness (QED) is 0.527. The maximum atomic E-state index is 12.9. The summed E-state index contributed by atoms with van der Waals surface area (Å²) in [5.74, 6) is -2.75. The Hall–Kier alpha value is -2.99. The highest BCUT2D eigenvalue weighted by Crippen LogP contribution is 2.36. The molecule has 0 aliphatic carbocycles. The molecule has 0 saturated carbocycles. The fraction of sp³-hybridized carbons (Fsp3) is 0.167. The molecule has 0 saturated heterocycles. The van der Waals surface area contributed by atoms with E-state index in [1.807, 2.05) is 0 Å². The van der Waals surface area contributed by atoms with Crippen LogP contribution in [-0.4, -0.2) is 29.5 Å². The van der Waals surface area contributed by atoms with Gasteiger partial charge in [0.25, 0.3) is 17.4 Å². The first-order chi connectivity index (χ1) is 11.5. The van der Waals surface area contributed by atoms with Crippen LogP contribution in [0.25, 0.3) is 0 Å². The van der Waals surface area contributed by atoms with E-state index in [9.17, 15) is 19.5 Å². The number of rotatable bonds is 3. The van der Waals surface area contributed by atoms with Gasteiger partial charge in [0.05, 0.1) is 12.3 Å². The zero-order valence-electron chi connectivity index (χ0n) is 12.9. The number of fused-ring (bicyclic) bond motifs is 1. The lowest BCUT2D eigenvalue weighted by Crippen LogP contribution is -2.59. The summed E-state index contributed by atoms with van der Waals surface area (Å²) in [6.07, 6.45) is 0. The van der Waals surface area contributed by atoms with Crippen molar-refractivity contribution in [2.45, 2.75) is 12.5 Å². The van der Waals surface area contributed by atoms with Crippen molar-refractivity contribution in [1.82, 2.24) is 0 Å². The number of anilines is 1. The molecule has 1 heterocycles. The number of para-hydroxylation sites is 1. The molecule has 0 bridgehead atoms. The SMILES string of the molecule is CCOC(=O)C1(O)C(=O)N(c2ccccc2)C(=O)c2ccccc21. The lowest BCUT2D eigenvalue weighted by Gasteiger charge is -2.36. The summed E-state index contributed by atoms with van der Waals surface area (Å²) < 4.78 is 4.88. The highest BCUT2D eigenvalue weighted by Gasteiger charge is 2.56. The first-order valence-corrected chi connectivity index (χ1v) is 7.44. The number of carbonyl (C=O) groups is 3. The Morgan fingerprint density at radius 2 is 1.71 bits per heavy atom. The van der Waals surface area contributed by atoms with Gasteiger partial charge in [-0.25, -0.2) is 9.69 Å². The summed E-state index contributed by atoms with van der Waals surface area (Å²) in [5, 5.41) is 10.9. The maximum Gasteiger partial charge on any atom is 0.353 e. The fourth-order valence-corrected chi connectivity index (χ4v) is 2.72. The van der Waals surface area contributed by atoms with Crippen molar-refractivity contribution in [3.63, 3.8) is 0 Å². The minimum Gasteiger partial charge on any atom is -0.463 e. The molecule has 0 aromatic heterocycles. The van der Waals surface area contributed by atoms with Crippen LogP contribution in [0.3, 0.4) is 0 Å². The molecule has 3 rings (SSSR count). The third-order valence-corrected chi connectivity index (χ3v) is 3.85. The van der Waals surface area contributed by atoms with Crippen LogP contribution in [0.2, 0.25) is 0 Å². The maximum absolute atomic E-state index is 12.9. The number of ether oxygens (including phenoxy) is 1. The molecule has 0 fully saturated rings. The smallest absolute Gasteiger partial charge is 0.353 e. The number of amides is 2. The zero-order chi connectivity index (χ0) is 17.3. The monoisotopic (exact) mass is 325 g/mol. The van der Waals surface area contributed by atoms with Crippen molar-refractivity contribution in [3.05, 3.63) is 65.7 Å². The summed E-state index contributed by atoms with van der Waals surface area (Å²) in [4.78, 5) is 38.8. The Bertz CT molecular complexity index is 817. The van der Waals surface area contributed by atoms with E-state index in [4.69, 9.17) is 4.74 Å².